The predicted octanol–water partition coefficient (Wildman–Crippen LogP) is 3.12. The topological polar surface area (TPSA) is 57.2 Å². The van der Waals surface area contributed by atoms with Crippen molar-refractivity contribution in [2.45, 2.75) is 38.1 Å². The van der Waals surface area contributed by atoms with Gasteiger partial charge in [0.1, 0.15) is 0 Å². The van der Waals surface area contributed by atoms with Crippen LogP contribution in [0.1, 0.15) is 32.1 Å². The fourth-order valence-electron chi connectivity index (χ4n) is 4.05. The van der Waals surface area contributed by atoms with Gasteiger partial charge in [0.05, 0.1) is 0 Å². The number of thiazole rings is 1. The molecule has 26 heavy (non-hydrogen) atoms. The fourth-order valence-corrected chi connectivity index (χ4v) is 4.75. The number of anilines is 2. The average Bonchev–Trinajstić information content (AvgIpc) is 3.24. The Labute approximate surface area is 159 Å². The number of aromatic nitrogens is 3. The average molecular weight is 373 g/mol. The Morgan fingerprint density at radius 3 is 2.42 bits per heavy atom. The summed E-state index contributed by atoms with van der Waals surface area (Å²) in [6.45, 7) is 5.81. The highest BCUT2D eigenvalue weighted by atomic mass is 32.1. The lowest BCUT2D eigenvalue weighted by atomic mass is 9.84. The number of nitrogens with one attached hydrogen (secondary N) is 1. The summed E-state index contributed by atoms with van der Waals surface area (Å²) in [6, 6.07) is 2.40. The number of rotatable bonds is 6. The molecule has 0 unspecified atom stereocenters. The van der Waals surface area contributed by atoms with Crippen LogP contribution in [0.2, 0.25) is 0 Å². The molecule has 6 nitrogen and oxygen atoms in total. The standard InChI is InChI=1S/C19H28N6S/c1-7-20-18(21-8-1)23-17-4-2-16(3-5-17)6-10-24-11-13-25(14-12-24)19-22-9-15-26-19/h1,7-9,15-17H,2-6,10-14H2,(H,20,21,23)/t16-,17-. The van der Waals surface area contributed by atoms with Gasteiger partial charge in [-0.1, -0.05) is 0 Å². The monoisotopic (exact) mass is 372 g/mol. The SMILES string of the molecule is c1cnc(N[C@H]2CC[C@H](CCN3CCN(c4nccs4)CC3)CC2)nc1. The molecule has 1 aliphatic carbocycles. The summed E-state index contributed by atoms with van der Waals surface area (Å²) in [6.07, 6.45) is 12.0. The van der Waals surface area contributed by atoms with Crippen LogP contribution in [0.3, 0.4) is 0 Å². The lowest BCUT2D eigenvalue weighted by Gasteiger charge is -2.36. The van der Waals surface area contributed by atoms with Gasteiger partial charge in [-0.05, 0) is 50.6 Å². The van der Waals surface area contributed by atoms with Crippen LogP contribution in [0.25, 0.3) is 0 Å². The molecule has 3 heterocycles. The first-order valence-electron chi connectivity index (χ1n) is 9.77. The van der Waals surface area contributed by atoms with E-state index >= 15 is 0 Å². The van der Waals surface area contributed by atoms with Crippen LogP contribution < -0.4 is 10.2 Å². The summed E-state index contributed by atoms with van der Waals surface area (Å²) in [5.74, 6) is 1.65. The maximum atomic E-state index is 4.43. The number of hydrogen-bond donors (Lipinski definition) is 1. The Morgan fingerprint density at radius 1 is 0.962 bits per heavy atom. The molecule has 2 fully saturated rings. The van der Waals surface area contributed by atoms with Crippen molar-refractivity contribution in [3.63, 3.8) is 0 Å². The molecule has 0 amide bonds. The van der Waals surface area contributed by atoms with E-state index in [2.05, 4.69) is 35.4 Å². The summed E-state index contributed by atoms with van der Waals surface area (Å²) in [5, 5.41) is 6.73. The first kappa shape index (κ1) is 17.7. The van der Waals surface area contributed by atoms with E-state index in [1.54, 1.807) is 23.7 Å². The van der Waals surface area contributed by atoms with Crippen molar-refractivity contribution < 1.29 is 0 Å². The van der Waals surface area contributed by atoms with Crippen LogP contribution in [0.5, 0.6) is 0 Å². The maximum absolute atomic E-state index is 4.43. The molecular weight excluding hydrogens is 344 g/mol. The van der Waals surface area contributed by atoms with E-state index < -0.39 is 0 Å². The summed E-state index contributed by atoms with van der Waals surface area (Å²) in [5.41, 5.74) is 0. The molecule has 1 saturated carbocycles. The van der Waals surface area contributed by atoms with E-state index in [1.165, 1.54) is 56.9 Å². The number of nitrogens with zero attached hydrogens (tertiary/aromatic N) is 5. The summed E-state index contributed by atoms with van der Waals surface area (Å²) in [7, 11) is 0. The van der Waals surface area contributed by atoms with Crippen LogP contribution in [0.15, 0.2) is 30.0 Å². The zero-order chi connectivity index (χ0) is 17.6. The molecular formula is C19H28N6S. The number of hydrogen-bond acceptors (Lipinski definition) is 7. The minimum atomic E-state index is 0.537. The molecule has 1 saturated heterocycles. The Morgan fingerprint density at radius 2 is 1.73 bits per heavy atom. The Hall–Kier alpha value is -1.73. The minimum Gasteiger partial charge on any atom is -0.351 e. The van der Waals surface area contributed by atoms with E-state index in [4.69, 9.17) is 0 Å². The summed E-state index contributed by atoms with van der Waals surface area (Å²) in [4.78, 5) is 18.0. The van der Waals surface area contributed by atoms with Crippen LogP contribution >= 0.6 is 11.3 Å². The van der Waals surface area contributed by atoms with Crippen molar-refractivity contribution in [2.75, 3.05) is 42.9 Å². The van der Waals surface area contributed by atoms with Gasteiger partial charge in [-0.3, -0.25) is 4.90 Å². The highest BCUT2D eigenvalue weighted by molar-refractivity contribution is 7.13. The molecule has 4 rings (SSSR count). The Kier molecular flexibility index (Phi) is 5.96. The molecule has 140 valence electrons. The second kappa shape index (κ2) is 8.77. The van der Waals surface area contributed by atoms with Gasteiger partial charge in [-0.15, -0.1) is 11.3 Å². The van der Waals surface area contributed by atoms with E-state index in [1.807, 2.05) is 12.3 Å². The largest absolute Gasteiger partial charge is 0.351 e. The fraction of sp³-hybridized carbons (Fsp3) is 0.632. The highest BCUT2D eigenvalue weighted by Crippen LogP contribution is 2.28. The van der Waals surface area contributed by atoms with E-state index in [0.717, 1.165) is 25.0 Å². The molecule has 2 aliphatic rings. The zero-order valence-corrected chi connectivity index (χ0v) is 16.1. The van der Waals surface area contributed by atoms with Crippen molar-refractivity contribution >= 4 is 22.4 Å². The number of piperazine rings is 1. The van der Waals surface area contributed by atoms with Gasteiger partial charge in [-0.2, -0.15) is 0 Å². The maximum Gasteiger partial charge on any atom is 0.222 e. The van der Waals surface area contributed by atoms with Crippen LogP contribution in [0, 0.1) is 5.92 Å². The third-order valence-electron chi connectivity index (χ3n) is 5.66. The van der Waals surface area contributed by atoms with Crippen molar-refractivity contribution in [3.05, 3.63) is 30.0 Å². The molecule has 0 spiro atoms. The van der Waals surface area contributed by atoms with Crippen LogP contribution in [0.4, 0.5) is 11.1 Å². The van der Waals surface area contributed by atoms with Crippen LogP contribution in [-0.4, -0.2) is 58.6 Å². The molecule has 7 heteroatoms. The molecule has 1 N–H and O–H groups in total. The minimum absolute atomic E-state index is 0.537. The van der Waals surface area contributed by atoms with Gasteiger partial charge in [0, 0.05) is 56.2 Å². The zero-order valence-electron chi connectivity index (χ0n) is 15.3. The van der Waals surface area contributed by atoms with E-state index in [9.17, 15) is 0 Å². The molecule has 1 aliphatic heterocycles. The smallest absolute Gasteiger partial charge is 0.222 e. The van der Waals surface area contributed by atoms with Gasteiger partial charge in [0.25, 0.3) is 0 Å². The lowest BCUT2D eigenvalue weighted by Crippen LogP contribution is -2.47. The van der Waals surface area contributed by atoms with Crippen molar-refractivity contribution in [1.82, 2.24) is 19.9 Å². The third kappa shape index (κ3) is 4.71. The van der Waals surface area contributed by atoms with Gasteiger partial charge in [0.15, 0.2) is 5.13 Å². The van der Waals surface area contributed by atoms with Gasteiger partial charge in [0.2, 0.25) is 5.95 Å². The van der Waals surface area contributed by atoms with Gasteiger partial charge < -0.3 is 10.2 Å². The Balaban J connectivity index is 1.13. The second-order valence-electron chi connectivity index (χ2n) is 7.37. The highest BCUT2D eigenvalue weighted by Gasteiger charge is 2.23. The normalized spacial score (nSPS) is 24.5. The van der Waals surface area contributed by atoms with E-state index in [0.29, 0.717) is 6.04 Å². The molecule has 0 aromatic carbocycles. The Bertz CT molecular complexity index is 633. The molecule has 0 radical (unpaired) electrons. The molecule has 0 atom stereocenters. The third-order valence-corrected chi connectivity index (χ3v) is 6.49. The second-order valence-corrected chi connectivity index (χ2v) is 8.24. The van der Waals surface area contributed by atoms with Crippen molar-refractivity contribution in [2.24, 2.45) is 5.92 Å². The van der Waals surface area contributed by atoms with Crippen molar-refractivity contribution in [1.29, 1.82) is 0 Å². The quantitative estimate of drug-likeness (QED) is 0.841. The van der Waals surface area contributed by atoms with Gasteiger partial charge in [-0.25, -0.2) is 15.0 Å². The summed E-state index contributed by atoms with van der Waals surface area (Å²) < 4.78 is 0. The molecule has 2 aromatic rings. The summed E-state index contributed by atoms with van der Waals surface area (Å²) >= 11 is 1.75. The van der Waals surface area contributed by atoms with Gasteiger partial charge >= 0.3 is 0 Å². The first-order chi connectivity index (χ1) is 12.9. The molecule has 0 bridgehead atoms. The molecule has 2 aromatic heterocycles. The van der Waals surface area contributed by atoms with Crippen molar-refractivity contribution in [3.8, 4) is 0 Å². The first-order valence-corrected chi connectivity index (χ1v) is 10.6. The predicted molar refractivity (Wildman–Crippen MR) is 107 cm³/mol. The lowest BCUT2D eigenvalue weighted by molar-refractivity contribution is 0.218. The van der Waals surface area contributed by atoms with Crippen LogP contribution in [-0.2, 0) is 0 Å². The van der Waals surface area contributed by atoms with E-state index in [-0.39, 0.29) is 0 Å².